The van der Waals surface area contributed by atoms with E-state index in [0.717, 1.165) is 10.0 Å². The number of halogens is 1. The molecule has 1 N–H and O–H groups in total. The van der Waals surface area contributed by atoms with Crippen LogP contribution in [0, 0.1) is 0 Å². The van der Waals surface area contributed by atoms with E-state index in [0.29, 0.717) is 24.7 Å². The summed E-state index contributed by atoms with van der Waals surface area (Å²) >= 11 is 3.42. The van der Waals surface area contributed by atoms with Crippen LogP contribution >= 0.6 is 15.9 Å². The number of alkyl carbamates (subject to hydrolysis) is 1. The normalized spacial score (nSPS) is 13.1. The van der Waals surface area contributed by atoms with Crippen LogP contribution in [0.1, 0.15) is 32.8 Å². The fourth-order valence-corrected chi connectivity index (χ4v) is 2.46. The van der Waals surface area contributed by atoms with Gasteiger partial charge in [0.25, 0.3) is 0 Å². The van der Waals surface area contributed by atoms with E-state index in [1.807, 2.05) is 0 Å². The first-order valence-electron chi connectivity index (χ1n) is 7.95. The SMILES string of the molecule is CC(C)(C)OC(=O)NCCC(=O)OCc1cc2c(cc1Br)OCCO2. The lowest BCUT2D eigenvalue weighted by molar-refractivity contribution is -0.144. The third-order valence-corrected chi connectivity index (χ3v) is 3.84. The van der Waals surface area contributed by atoms with Gasteiger partial charge in [-0.3, -0.25) is 4.79 Å². The fourth-order valence-electron chi connectivity index (χ4n) is 2.03. The molecule has 1 aromatic rings. The summed E-state index contributed by atoms with van der Waals surface area (Å²) in [7, 11) is 0. The summed E-state index contributed by atoms with van der Waals surface area (Å²) in [6.07, 6.45) is -0.503. The predicted molar refractivity (Wildman–Crippen MR) is 93.8 cm³/mol. The topological polar surface area (TPSA) is 83.1 Å². The van der Waals surface area contributed by atoms with Crippen molar-refractivity contribution in [2.45, 2.75) is 39.4 Å². The Bertz CT molecular complexity index is 641. The van der Waals surface area contributed by atoms with Crippen molar-refractivity contribution >= 4 is 28.0 Å². The van der Waals surface area contributed by atoms with Crippen molar-refractivity contribution < 1.29 is 28.5 Å². The fraction of sp³-hybridized carbons (Fsp3) is 0.529. The Morgan fingerprint density at radius 1 is 1.20 bits per heavy atom. The van der Waals surface area contributed by atoms with E-state index >= 15 is 0 Å². The van der Waals surface area contributed by atoms with E-state index in [9.17, 15) is 9.59 Å². The van der Waals surface area contributed by atoms with Crippen molar-refractivity contribution in [3.8, 4) is 11.5 Å². The molecule has 0 bridgehead atoms. The van der Waals surface area contributed by atoms with E-state index in [-0.39, 0.29) is 19.6 Å². The summed E-state index contributed by atoms with van der Waals surface area (Å²) in [5, 5.41) is 2.51. The Morgan fingerprint density at radius 3 is 2.48 bits per heavy atom. The van der Waals surface area contributed by atoms with E-state index in [2.05, 4.69) is 21.2 Å². The van der Waals surface area contributed by atoms with Gasteiger partial charge in [-0.15, -0.1) is 0 Å². The largest absolute Gasteiger partial charge is 0.486 e. The zero-order valence-corrected chi connectivity index (χ0v) is 16.1. The van der Waals surface area contributed by atoms with Gasteiger partial charge in [0.05, 0.1) is 6.42 Å². The minimum atomic E-state index is -0.574. The van der Waals surface area contributed by atoms with Gasteiger partial charge in [0.1, 0.15) is 25.4 Å². The first-order valence-corrected chi connectivity index (χ1v) is 8.74. The zero-order chi connectivity index (χ0) is 18.4. The molecule has 0 fully saturated rings. The molecule has 0 atom stereocenters. The number of nitrogens with one attached hydrogen (secondary N) is 1. The molecule has 1 heterocycles. The van der Waals surface area contributed by atoms with Crippen molar-refractivity contribution in [1.82, 2.24) is 5.32 Å². The van der Waals surface area contributed by atoms with Crippen molar-refractivity contribution in [3.05, 3.63) is 22.2 Å². The Balaban J connectivity index is 1.76. The average molecular weight is 416 g/mol. The Hall–Kier alpha value is -1.96. The van der Waals surface area contributed by atoms with E-state index in [1.54, 1.807) is 32.9 Å². The first kappa shape index (κ1) is 19.4. The van der Waals surface area contributed by atoms with Crippen molar-refractivity contribution in [2.24, 2.45) is 0 Å². The molecule has 7 nitrogen and oxygen atoms in total. The molecule has 8 heteroatoms. The van der Waals surface area contributed by atoms with Crippen LogP contribution in [-0.4, -0.2) is 37.4 Å². The number of carbonyl (C=O) groups excluding carboxylic acids is 2. The molecule has 1 aliphatic heterocycles. The van der Waals surface area contributed by atoms with Gasteiger partial charge in [0.2, 0.25) is 0 Å². The molecule has 25 heavy (non-hydrogen) atoms. The van der Waals surface area contributed by atoms with Crippen LogP contribution in [0.5, 0.6) is 11.5 Å². The number of fused-ring (bicyclic) bond motifs is 1. The maximum absolute atomic E-state index is 11.8. The number of rotatable bonds is 5. The predicted octanol–water partition coefficient (Wildman–Crippen LogP) is 3.18. The van der Waals surface area contributed by atoms with Gasteiger partial charge >= 0.3 is 12.1 Å². The lowest BCUT2D eigenvalue weighted by Gasteiger charge is -2.20. The van der Waals surface area contributed by atoms with Gasteiger partial charge in [-0.25, -0.2) is 4.79 Å². The third-order valence-electron chi connectivity index (χ3n) is 3.10. The molecule has 1 aliphatic rings. The monoisotopic (exact) mass is 415 g/mol. The molecule has 0 saturated carbocycles. The zero-order valence-electron chi connectivity index (χ0n) is 14.5. The molecule has 1 amide bonds. The Morgan fingerprint density at radius 2 is 1.84 bits per heavy atom. The smallest absolute Gasteiger partial charge is 0.407 e. The number of carbonyl (C=O) groups is 2. The Labute approximate surface area is 155 Å². The highest BCUT2D eigenvalue weighted by Crippen LogP contribution is 2.35. The molecule has 1 aromatic carbocycles. The van der Waals surface area contributed by atoms with Gasteiger partial charge in [0, 0.05) is 16.6 Å². The summed E-state index contributed by atoms with van der Waals surface area (Å²) in [6, 6.07) is 3.58. The second-order valence-electron chi connectivity index (χ2n) is 6.43. The summed E-state index contributed by atoms with van der Waals surface area (Å²) in [6.45, 7) is 6.56. The van der Waals surface area contributed by atoms with Crippen molar-refractivity contribution in [2.75, 3.05) is 19.8 Å². The number of esters is 1. The molecular formula is C17H22BrNO6. The lowest BCUT2D eigenvalue weighted by Crippen LogP contribution is -2.33. The second kappa shape index (κ2) is 8.42. The average Bonchev–Trinajstić information content (AvgIpc) is 2.51. The van der Waals surface area contributed by atoms with Crippen LogP contribution in [0.2, 0.25) is 0 Å². The van der Waals surface area contributed by atoms with Crippen molar-refractivity contribution in [3.63, 3.8) is 0 Å². The number of ether oxygens (including phenoxy) is 4. The number of benzene rings is 1. The standard InChI is InChI=1S/C17H22BrNO6/c1-17(2,3)25-16(21)19-5-4-15(20)24-10-11-8-13-14(9-12(11)18)23-7-6-22-13/h8-9H,4-7,10H2,1-3H3,(H,19,21). The highest BCUT2D eigenvalue weighted by Gasteiger charge is 2.17. The maximum Gasteiger partial charge on any atom is 0.407 e. The summed E-state index contributed by atoms with van der Waals surface area (Å²) in [4.78, 5) is 23.3. The molecular weight excluding hydrogens is 394 g/mol. The van der Waals surface area contributed by atoms with Crippen LogP contribution in [0.15, 0.2) is 16.6 Å². The van der Waals surface area contributed by atoms with Crippen LogP contribution in [0.3, 0.4) is 0 Å². The first-order chi connectivity index (χ1) is 11.7. The minimum Gasteiger partial charge on any atom is -0.486 e. The molecule has 0 radical (unpaired) electrons. The van der Waals surface area contributed by atoms with E-state index in [1.165, 1.54) is 0 Å². The van der Waals surface area contributed by atoms with E-state index < -0.39 is 17.7 Å². The van der Waals surface area contributed by atoms with Gasteiger partial charge in [-0.05, 0) is 32.9 Å². The van der Waals surface area contributed by atoms with Crippen molar-refractivity contribution in [1.29, 1.82) is 0 Å². The third kappa shape index (κ3) is 6.45. The number of hydrogen-bond donors (Lipinski definition) is 1. The number of amides is 1. The van der Waals surface area contributed by atoms with Gasteiger partial charge in [-0.2, -0.15) is 0 Å². The highest BCUT2D eigenvalue weighted by molar-refractivity contribution is 9.10. The highest BCUT2D eigenvalue weighted by atomic mass is 79.9. The maximum atomic E-state index is 11.8. The van der Waals surface area contributed by atoms with Crippen LogP contribution in [0.4, 0.5) is 4.79 Å². The van der Waals surface area contributed by atoms with Crippen LogP contribution in [0.25, 0.3) is 0 Å². The molecule has 2 rings (SSSR count). The van der Waals surface area contributed by atoms with Crippen LogP contribution in [-0.2, 0) is 20.9 Å². The molecule has 0 aromatic heterocycles. The van der Waals surface area contributed by atoms with Gasteiger partial charge < -0.3 is 24.3 Å². The molecule has 138 valence electrons. The molecule has 0 spiro atoms. The molecule has 0 saturated heterocycles. The van der Waals surface area contributed by atoms with Gasteiger partial charge in [-0.1, -0.05) is 15.9 Å². The van der Waals surface area contributed by atoms with Gasteiger partial charge in [0.15, 0.2) is 11.5 Å². The number of hydrogen-bond acceptors (Lipinski definition) is 6. The minimum absolute atomic E-state index is 0.0570. The molecule has 0 unspecified atom stereocenters. The second-order valence-corrected chi connectivity index (χ2v) is 7.28. The quantitative estimate of drug-likeness (QED) is 0.743. The van der Waals surface area contributed by atoms with E-state index in [4.69, 9.17) is 18.9 Å². The summed E-state index contributed by atoms with van der Waals surface area (Å²) in [5.41, 5.74) is 0.201. The summed E-state index contributed by atoms with van der Waals surface area (Å²) < 4.78 is 22.1. The molecule has 0 aliphatic carbocycles. The van der Waals surface area contributed by atoms with Crippen LogP contribution < -0.4 is 14.8 Å². The lowest BCUT2D eigenvalue weighted by atomic mass is 10.2. The Kier molecular flexibility index (Phi) is 6.52. The summed E-state index contributed by atoms with van der Waals surface area (Å²) in [5.74, 6) is 0.875.